The van der Waals surface area contributed by atoms with E-state index in [0.717, 1.165) is 52.9 Å². The summed E-state index contributed by atoms with van der Waals surface area (Å²) >= 11 is 0. The SMILES string of the molecule is Cc1ncc2n1C1CCC2N2CCN(C(=O)C2)c2cccc3ccc(cc23)Oc2cc1ccc2C#N.Cl.Cl. The molecule has 38 heavy (non-hydrogen) atoms. The Labute approximate surface area is 233 Å². The molecule has 0 N–H and O–H groups in total. The number of imidazole rings is 1. The lowest BCUT2D eigenvalue weighted by Gasteiger charge is -2.42. The molecule has 1 saturated heterocycles. The molecule has 1 amide bonds. The number of piperazine rings is 1. The summed E-state index contributed by atoms with van der Waals surface area (Å²) in [4.78, 5) is 22.4. The highest BCUT2D eigenvalue weighted by Crippen LogP contribution is 2.42. The highest BCUT2D eigenvalue weighted by molar-refractivity contribution is 6.05. The zero-order valence-corrected chi connectivity index (χ0v) is 22.5. The second-order valence-corrected chi connectivity index (χ2v) is 9.85. The van der Waals surface area contributed by atoms with Gasteiger partial charge in [0.25, 0.3) is 0 Å². The molecule has 6 aliphatic rings. The maximum Gasteiger partial charge on any atom is 0.241 e. The quantitative estimate of drug-likeness (QED) is 0.272. The average molecular weight is 548 g/mol. The molecule has 1 fully saturated rings. The van der Waals surface area contributed by atoms with Crippen molar-refractivity contribution in [3.05, 3.63) is 83.4 Å². The predicted molar refractivity (Wildman–Crippen MR) is 151 cm³/mol. The summed E-state index contributed by atoms with van der Waals surface area (Å²) in [6, 6.07) is 20.4. The smallest absolute Gasteiger partial charge is 0.241 e. The fraction of sp³-hybridized carbons (Fsp3) is 0.276. The number of benzene rings is 3. The molecule has 0 saturated carbocycles. The van der Waals surface area contributed by atoms with Crippen LogP contribution in [0.25, 0.3) is 10.8 Å². The van der Waals surface area contributed by atoms with Crippen LogP contribution in [-0.4, -0.2) is 40.0 Å². The Balaban J connectivity index is 0.00000147. The van der Waals surface area contributed by atoms with Gasteiger partial charge in [0.1, 0.15) is 23.4 Å². The summed E-state index contributed by atoms with van der Waals surface area (Å²) < 4.78 is 8.66. The third kappa shape index (κ3) is 4.01. The third-order valence-corrected chi connectivity index (χ3v) is 7.93. The maximum absolute atomic E-state index is 13.5. The Hall–Kier alpha value is -3.57. The normalized spacial score (nSPS) is 21.3. The Morgan fingerprint density at radius 3 is 2.68 bits per heavy atom. The molecule has 3 atom stereocenters. The zero-order valence-electron chi connectivity index (χ0n) is 20.8. The summed E-state index contributed by atoms with van der Waals surface area (Å²) in [5, 5.41) is 11.8. The van der Waals surface area contributed by atoms with E-state index in [4.69, 9.17) is 4.74 Å². The van der Waals surface area contributed by atoms with E-state index in [2.05, 4.69) is 20.5 Å². The number of hydrogen-bond acceptors (Lipinski definition) is 5. The van der Waals surface area contributed by atoms with Crippen LogP contribution < -0.4 is 9.64 Å². The molecule has 194 valence electrons. The first-order valence-electron chi connectivity index (χ1n) is 12.4. The minimum atomic E-state index is 0. The van der Waals surface area contributed by atoms with Crippen LogP contribution in [0.1, 0.15) is 47.6 Å². The third-order valence-electron chi connectivity index (χ3n) is 7.93. The van der Waals surface area contributed by atoms with Gasteiger partial charge in [-0.2, -0.15) is 5.26 Å². The molecule has 6 aliphatic heterocycles. The van der Waals surface area contributed by atoms with Crippen molar-refractivity contribution in [2.75, 3.05) is 24.5 Å². The Morgan fingerprint density at radius 1 is 1.03 bits per heavy atom. The Bertz CT molecular complexity index is 1590. The molecule has 10 rings (SSSR count). The molecule has 7 heterocycles. The first-order valence-corrected chi connectivity index (χ1v) is 12.4. The van der Waals surface area contributed by atoms with Gasteiger partial charge in [-0.1, -0.05) is 24.3 Å². The van der Waals surface area contributed by atoms with E-state index >= 15 is 0 Å². The number of carbonyl (C=O) groups excluding carboxylic acids is 1. The summed E-state index contributed by atoms with van der Waals surface area (Å²) in [6.07, 6.45) is 3.83. The molecule has 3 unspecified atom stereocenters. The molecule has 0 spiro atoms. The van der Waals surface area contributed by atoms with Crippen LogP contribution in [0, 0.1) is 18.3 Å². The van der Waals surface area contributed by atoms with Crippen LogP contribution in [0.15, 0.2) is 60.8 Å². The van der Waals surface area contributed by atoms with Crippen LogP contribution in [0.3, 0.4) is 0 Å². The number of nitriles is 1. The Morgan fingerprint density at radius 2 is 1.87 bits per heavy atom. The number of carbonyl (C=O) groups is 1. The number of anilines is 1. The Kier molecular flexibility index (Phi) is 6.83. The van der Waals surface area contributed by atoms with Gasteiger partial charge in [-0.25, -0.2) is 4.98 Å². The van der Waals surface area contributed by atoms with Gasteiger partial charge in [-0.3, -0.25) is 9.69 Å². The van der Waals surface area contributed by atoms with Gasteiger partial charge in [-0.15, -0.1) is 24.8 Å². The van der Waals surface area contributed by atoms with Crippen LogP contribution in [-0.2, 0) is 4.79 Å². The minimum absolute atomic E-state index is 0. The number of hydrogen-bond donors (Lipinski definition) is 0. The van der Waals surface area contributed by atoms with Gasteiger partial charge in [0, 0.05) is 18.5 Å². The minimum Gasteiger partial charge on any atom is -0.456 e. The van der Waals surface area contributed by atoms with E-state index in [1.165, 1.54) is 0 Å². The van der Waals surface area contributed by atoms with Crippen molar-refractivity contribution in [1.29, 1.82) is 5.26 Å². The molecule has 0 aliphatic carbocycles. The van der Waals surface area contributed by atoms with E-state index in [1.54, 1.807) is 0 Å². The number of aryl methyl sites for hydroxylation is 1. The van der Waals surface area contributed by atoms with E-state index in [0.29, 0.717) is 30.2 Å². The van der Waals surface area contributed by atoms with Gasteiger partial charge >= 0.3 is 0 Å². The van der Waals surface area contributed by atoms with Crippen LogP contribution in [0.5, 0.6) is 11.5 Å². The second-order valence-electron chi connectivity index (χ2n) is 9.85. The second kappa shape index (κ2) is 9.95. The van der Waals surface area contributed by atoms with E-state index < -0.39 is 0 Å². The largest absolute Gasteiger partial charge is 0.456 e. The van der Waals surface area contributed by atoms with Crippen molar-refractivity contribution in [2.45, 2.75) is 31.8 Å². The maximum atomic E-state index is 13.5. The fourth-order valence-electron chi connectivity index (χ4n) is 6.20. The summed E-state index contributed by atoms with van der Waals surface area (Å²) in [7, 11) is 0. The predicted octanol–water partition coefficient (Wildman–Crippen LogP) is 5.94. The molecule has 9 heteroatoms. The van der Waals surface area contributed by atoms with Crippen molar-refractivity contribution in [2.24, 2.45) is 0 Å². The van der Waals surface area contributed by atoms with Crippen LogP contribution in [0.4, 0.5) is 5.69 Å². The lowest BCUT2D eigenvalue weighted by molar-refractivity contribution is -0.122. The van der Waals surface area contributed by atoms with Crippen LogP contribution in [0.2, 0.25) is 0 Å². The number of rotatable bonds is 0. The van der Waals surface area contributed by atoms with Gasteiger partial charge in [0.05, 0.1) is 41.8 Å². The molecule has 8 bridgehead atoms. The molecule has 4 aromatic rings. The molecular weight excluding hydrogens is 521 g/mol. The molecular formula is C29H27Cl2N5O2. The first kappa shape index (κ1) is 26.1. The van der Waals surface area contributed by atoms with Crippen molar-refractivity contribution in [3.63, 3.8) is 0 Å². The van der Waals surface area contributed by atoms with Gasteiger partial charge < -0.3 is 14.2 Å². The lowest BCUT2D eigenvalue weighted by atomic mass is 9.91. The lowest BCUT2D eigenvalue weighted by Crippen LogP contribution is -2.52. The van der Waals surface area contributed by atoms with Crippen molar-refractivity contribution in [1.82, 2.24) is 14.5 Å². The number of nitrogens with zero attached hydrogens (tertiary/aromatic N) is 5. The number of halogens is 2. The fourth-order valence-corrected chi connectivity index (χ4v) is 6.20. The van der Waals surface area contributed by atoms with Crippen molar-refractivity contribution in [3.8, 4) is 17.6 Å². The molecule has 7 nitrogen and oxygen atoms in total. The first-order chi connectivity index (χ1) is 17.6. The topological polar surface area (TPSA) is 74.4 Å². The number of ether oxygens (including phenoxy) is 1. The number of amides is 1. The summed E-state index contributed by atoms with van der Waals surface area (Å²) in [5.41, 5.74) is 3.64. The summed E-state index contributed by atoms with van der Waals surface area (Å²) in [6.45, 7) is 3.85. The van der Waals surface area contributed by atoms with E-state index in [1.807, 2.05) is 72.6 Å². The molecule has 0 radical (unpaired) electrons. The van der Waals surface area contributed by atoms with Crippen molar-refractivity contribution >= 4 is 47.2 Å². The van der Waals surface area contributed by atoms with Crippen molar-refractivity contribution < 1.29 is 9.53 Å². The summed E-state index contributed by atoms with van der Waals surface area (Å²) in [5.74, 6) is 2.25. The van der Waals surface area contributed by atoms with Gasteiger partial charge in [0.2, 0.25) is 5.91 Å². The molecule has 1 aromatic heterocycles. The zero-order chi connectivity index (χ0) is 24.4. The van der Waals surface area contributed by atoms with Gasteiger partial charge in [0.15, 0.2) is 0 Å². The van der Waals surface area contributed by atoms with E-state index in [9.17, 15) is 10.1 Å². The molecule has 3 aromatic carbocycles. The van der Waals surface area contributed by atoms with Gasteiger partial charge in [-0.05, 0) is 61.0 Å². The average Bonchev–Trinajstić information content (AvgIpc) is 3.29. The highest BCUT2D eigenvalue weighted by Gasteiger charge is 2.37. The van der Waals surface area contributed by atoms with Crippen LogP contribution >= 0.6 is 24.8 Å². The standard InChI is InChI=1S/C29H25N5O2.2ClH/c1-18-31-16-27-26-10-9-24(34(18)27)20-5-6-21(15-30)28(13-20)36-22-8-7-19-3-2-4-25(23(19)14-22)33-12-11-32(26)17-29(33)35;;/h2-8,13-14,16,24,26H,9-12,17H2,1H3;2*1H. The highest BCUT2D eigenvalue weighted by atomic mass is 35.5. The number of aromatic nitrogens is 2. The van der Waals surface area contributed by atoms with E-state index in [-0.39, 0.29) is 42.8 Å². The monoisotopic (exact) mass is 547 g/mol.